The number of anilines is 1. The number of nitrogens with one attached hydrogen (secondary N) is 3. The van der Waals surface area contributed by atoms with Crippen molar-refractivity contribution in [2.45, 2.75) is 13.5 Å². The van der Waals surface area contributed by atoms with Gasteiger partial charge in [-0.3, -0.25) is 9.20 Å². The highest BCUT2D eigenvalue weighted by molar-refractivity contribution is 5.94. The molecular formula is C18H21N7O. The summed E-state index contributed by atoms with van der Waals surface area (Å²) in [5.41, 5.74) is 1.54. The molecule has 8 nitrogen and oxygen atoms in total. The second-order valence-electron chi connectivity index (χ2n) is 5.51. The number of benzene rings is 1. The van der Waals surface area contributed by atoms with Crippen molar-refractivity contribution >= 4 is 23.2 Å². The van der Waals surface area contributed by atoms with Gasteiger partial charge in [0.25, 0.3) is 0 Å². The van der Waals surface area contributed by atoms with Crippen LogP contribution in [0.5, 0.6) is 0 Å². The molecule has 0 spiro atoms. The molecule has 0 unspecified atom stereocenters. The highest BCUT2D eigenvalue weighted by atomic mass is 16.1. The third-order valence-corrected chi connectivity index (χ3v) is 3.58. The highest BCUT2D eigenvalue weighted by Gasteiger charge is 2.06. The van der Waals surface area contributed by atoms with Crippen molar-refractivity contribution in [2.24, 2.45) is 4.99 Å². The number of fused-ring (bicyclic) bond motifs is 1. The van der Waals surface area contributed by atoms with Gasteiger partial charge in [0.2, 0.25) is 5.91 Å². The summed E-state index contributed by atoms with van der Waals surface area (Å²) in [7, 11) is 0. The number of amides is 1. The number of para-hydroxylation sites is 1. The predicted octanol–water partition coefficient (Wildman–Crippen LogP) is 1.42. The second kappa shape index (κ2) is 8.61. The Hall–Kier alpha value is -3.42. The molecule has 8 heteroatoms. The molecule has 0 saturated carbocycles. The first-order chi connectivity index (χ1) is 12.8. The summed E-state index contributed by atoms with van der Waals surface area (Å²) in [5, 5.41) is 17.2. The Morgan fingerprint density at radius 2 is 1.88 bits per heavy atom. The number of nitrogens with zero attached hydrogens (tertiary/aromatic N) is 4. The van der Waals surface area contributed by atoms with Gasteiger partial charge in [0.15, 0.2) is 17.4 Å². The maximum absolute atomic E-state index is 12.0. The topological polar surface area (TPSA) is 95.7 Å². The minimum Gasteiger partial charge on any atom is -0.357 e. The van der Waals surface area contributed by atoms with Crippen molar-refractivity contribution in [1.29, 1.82) is 0 Å². The van der Waals surface area contributed by atoms with Gasteiger partial charge in [-0.1, -0.05) is 24.3 Å². The van der Waals surface area contributed by atoms with Crippen LogP contribution in [0.1, 0.15) is 12.7 Å². The van der Waals surface area contributed by atoms with E-state index >= 15 is 0 Å². The van der Waals surface area contributed by atoms with Gasteiger partial charge in [-0.15, -0.1) is 10.2 Å². The molecule has 0 atom stereocenters. The number of pyridine rings is 1. The van der Waals surface area contributed by atoms with Crippen molar-refractivity contribution < 1.29 is 4.79 Å². The van der Waals surface area contributed by atoms with Gasteiger partial charge < -0.3 is 16.0 Å². The average Bonchev–Trinajstić information content (AvgIpc) is 3.08. The fraction of sp³-hybridized carbons (Fsp3) is 0.222. The van der Waals surface area contributed by atoms with Crippen LogP contribution in [0.25, 0.3) is 5.65 Å². The molecule has 1 amide bonds. The fourth-order valence-electron chi connectivity index (χ4n) is 2.38. The van der Waals surface area contributed by atoms with Crippen LogP contribution in [0.3, 0.4) is 0 Å². The Morgan fingerprint density at radius 3 is 2.69 bits per heavy atom. The van der Waals surface area contributed by atoms with Crippen molar-refractivity contribution in [3.05, 3.63) is 60.6 Å². The van der Waals surface area contributed by atoms with Gasteiger partial charge in [0, 0.05) is 18.4 Å². The van der Waals surface area contributed by atoms with Crippen molar-refractivity contribution in [1.82, 2.24) is 25.2 Å². The van der Waals surface area contributed by atoms with E-state index in [1.54, 1.807) is 0 Å². The van der Waals surface area contributed by atoms with Crippen LogP contribution in [0.2, 0.25) is 0 Å². The number of hydrogen-bond acceptors (Lipinski definition) is 4. The third-order valence-electron chi connectivity index (χ3n) is 3.58. The van der Waals surface area contributed by atoms with Crippen molar-refractivity contribution in [2.75, 3.05) is 18.4 Å². The smallest absolute Gasteiger partial charge is 0.243 e. The number of aromatic nitrogens is 3. The Kier molecular flexibility index (Phi) is 5.76. The van der Waals surface area contributed by atoms with E-state index in [0.29, 0.717) is 19.0 Å². The number of aliphatic imine (C=N–C) groups is 1. The number of guanidine groups is 1. The van der Waals surface area contributed by atoms with Crippen LogP contribution in [-0.2, 0) is 11.3 Å². The van der Waals surface area contributed by atoms with Gasteiger partial charge >= 0.3 is 0 Å². The predicted molar refractivity (Wildman–Crippen MR) is 101 cm³/mol. The quantitative estimate of drug-likeness (QED) is 0.461. The van der Waals surface area contributed by atoms with Crippen LogP contribution in [0, 0.1) is 0 Å². The SMILES string of the molecule is CCNC(=NCc1nnc2ccccn12)NCC(=O)Nc1ccccc1. The summed E-state index contributed by atoms with van der Waals surface area (Å²) in [6.07, 6.45) is 1.90. The monoisotopic (exact) mass is 351 g/mol. The molecular weight excluding hydrogens is 330 g/mol. The molecule has 1 aromatic carbocycles. The molecule has 0 radical (unpaired) electrons. The molecule has 26 heavy (non-hydrogen) atoms. The number of rotatable bonds is 6. The van der Waals surface area contributed by atoms with Gasteiger partial charge in [-0.2, -0.15) is 0 Å². The zero-order valence-electron chi connectivity index (χ0n) is 14.5. The summed E-state index contributed by atoms with van der Waals surface area (Å²) >= 11 is 0. The molecule has 0 bridgehead atoms. The maximum Gasteiger partial charge on any atom is 0.243 e. The molecule has 0 saturated heterocycles. The first kappa shape index (κ1) is 17.4. The van der Waals surface area contributed by atoms with E-state index in [-0.39, 0.29) is 12.5 Å². The lowest BCUT2D eigenvalue weighted by atomic mass is 10.3. The Bertz CT molecular complexity index is 889. The summed E-state index contributed by atoms with van der Waals surface area (Å²) in [5.74, 6) is 1.13. The Balaban J connectivity index is 1.59. The fourth-order valence-corrected chi connectivity index (χ4v) is 2.38. The molecule has 0 aliphatic rings. The zero-order chi connectivity index (χ0) is 18.2. The average molecular weight is 351 g/mol. The first-order valence-electron chi connectivity index (χ1n) is 8.42. The van der Waals surface area contributed by atoms with E-state index < -0.39 is 0 Å². The summed E-state index contributed by atoms with van der Waals surface area (Å²) in [6, 6.07) is 15.0. The first-order valence-corrected chi connectivity index (χ1v) is 8.42. The summed E-state index contributed by atoms with van der Waals surface area (Å²) in [6.45, 7) is 3.11. The van der Waals surface area contributed by atoms with Gasteiger partial charge in [-0.05, 0) is 31.2 Å². The Labute approximate surface area is 151 Å². The maximum atomic E-state index is 12.0. The van der Waals surface area contributed by atoms with E-state index in [1.807, 2.05) is 66.1 Å². The minimum atomic E-state index is -0.144. The lowest BCUT2D eigenvalue weighted by molar-refractivity contribution is -0.115. The second-order valence-corrected chi connectivity index (χ2v) is 5.51. The molecule has 3 aromatic rings. The van der Waals surface area contributed by atoms with E-state index in [9.17, 15) is 4.79 Å². The normalized spacial score (nSPS) is 11.3. The lowest BCUT2D eigenvalue weighted by Gasteiger charge is -2.11. The Morgan fingerprint density at radius 1 is 1.08 bits per heavy atom. The van der Waals surface area contributed by atoms with E-state index in [0.717, 1.165) is 17.2 Å². The molecule has 0 fully saturated rings. The van der Waals surface area contributed by atoms with Crippen LogP contribution >= 0.6 is 0 Å². The van der Waals surface area contributed by atoms with Gasteiger partial charge in [-0.25, -0.2) is 4.99 Å². The number of carbonyl (C=O) groups is 1. The van der Waals surface area contributed by atoms with Crippen molar-refractivity contribution in [3.63, 3.8) is 0 Å². The standard InChI is InChI=1S/C18H21N7O/c1-2-19-18(21-13-17(26)22-14-8-4-3-5-9-14)20-12-16-24-23-15-10-6-7-11-25(15)16/h3-11H,2,12-13H2,1H3,(H,22,26)(H2,19,20,21). The van der Waals surface area contributed by atoms with E-state index in [1.165, 1.54) is 0 Å². The van der Waals surface area contributed by atoms with Crippen LogP contribution in [-0.4, -0.2) is 39.6 Å². The molecule has 2 heterocycles. The van der Waals surface area contributed by atoms with Crippen LogP contribution in [0.4, 0.5) is 5.69 Å². The third kappa shape index (κ3) is 4.56. The largest absolute Gasteiger partial charge is 0.357 e. The molecule has 2 aromatic heterocycles. The van der Waals surface area contributed by atoms with Gasteiger partial charge in [0.1, 0.15) is 6.54 Å². The number of hydrogen-bond donors (Lipinski definition) is 3. The molecule has 0 aliphatic carbocycles. The minimum absolute atomic E-state index is 0.112. The van der Waals surface area contributed by atoms with Gasteiger partial charge in [0.05, 0.1) is 6.54 Å². The zero-order valence-corrected chi connectivity index (χ0v) is 14.5. The summed E-state index contributed by atoms with van der Waals surface area (Å²) < 4.78 is 1.88. The molecule has 3 rings (SSSR count). The lowest BCUT2D eigenvalue weighted by Crippen LogP contribution is -2.41. The highest BCUT2D eigenvalue weighted by Crippen LogP contribution is 2.05. The molecule has 3 N–H and O–H groups in total. The summed E-state index contributed by atoms with van der Waals surface area (Å²) in [4.78, 5) is 16.5. The molecule has 134 valence electrons. The van der Waals surface area contributed by atoms with E-state index in [4.69, 9.17) is 0 Å². The molecule has 0 aliphatic heterocycles. The van der Waals surface area contributed by atoms with Crippen LogP contribution < -0.4 is 16.0 Å². The van der Waals surface area contributed by atoms with E-state index in [2.05, 4.69) is 31.1 Å². The van der Waals surface area contributed by atoms with Crippen molar-refractivity contribution in [3.8, 4) is 0 Å². The number of carbonyl (C=O) groups excluding carboxylic acids is 1. The van der Waals surface area contributed by atoms with Crippen LogP contribution in [0.15, 0.2) is 59.7 Å².